The van der Waals surface area contributed by atoms with Gasteiger partial charge in [0.15, 0.2) is 5.78 Å². The van der Waals surface area contributed by atoms with Gasteiger partial charge in [-0.15, -0.1) is 0 Å². The number of rotatable bonds is 4. The van der Waals surface area contributed by atoms with Crippen LogP contribution in [-0.4, -0.2) is 38.8 Å². The first-order valence-corrected chi connectivity index (χ1v) is 6.03. The van der Waals surface area contributed by atoms with E-state index < -0.39 is 12.0 Å². The molecule has 1 aliphatic rings. The van der Waals surface area contributed by atoms with E-state index in [1.54, 1.807) is 24.3 Å². The van der Waals surface area contributed by atoms with E-state index in [0.717, 1.165) is 0 Å². The number of carbonyl (C=O) groups is 1. The van der Waals surface area contributed by atoms with Gasteiger partial charge in [-0.2, -0.15) is 5.26 Å². The summed E-state index contributed by atoms with van der Waals surface area (Å²) in [4.78, 5) is 12.3. The molecule has 0 bridgehead atoms. The van der Waals surface area contributed by atoms with Crippen LogP contribution in [0.4, 0.5) is 0 Å². The Bertz CT molecular complexity index is 488. The van der Waals surface area contributed by atoms with Crippen LogP contribution in [0.15, 0.2) is 24.3 Å². The van der Waals surface area contributed by atoms with Gasteiger partial charge in [-0.05, 0) is 6.07 Å². The summed E-state index contributed by atoms with van der Waals surface area (Å²) in [6.07, 6.45) is -0.677. The number of benzene rings is 1. The van der Waals surface area contributed by atoms with Crippen LogP contribution in [0.1, 0.15) is 11.5 Å². The van der Waals surface area contributed by atoms with Crippen molar-refractivity contribution in [2.75, 3.05) is 26.9 Å². The monoisotopic (exact) mass is 261 g/mol. The second kappa shape index (κ2) is 6.32. The molecule has 2 unspecified atom stereocenters. The Morgan fingerprint density at radius 3 is 2.89 bits per heavy atom. The highest BCUT2D eigenvalue weighted by molar-refractivity contribution is 5.92. The molecule has 0 N–H and O–H groups in total. The van der Waals surface area contributed by atoms with Crippen LogP contribution in [0.3, 0.4) is 0 Å². The molecule has 0 amide bonds. The molecule has 2 atom stereocenters. The molecule has 0 radical (unpaired) electrons. The molecule has 0 saturated carbocycles. The summed E-state index contributed by atoms with van der Waals surface area (Å²) in [7, 11) is 1.51. The van der Waals surface area contributed by atoms with Crippen molar-refractivity contribution in [3.63, 3.8) is 0 Å². The van der Waals surface area contributed by atoms with E-state index >= 15 is 0 Å². The van der Waals surface area contributed by atoms with Gasteiger partial charge >= 0.3 is 0 Å². The average molecular weight is 261 g/mol. The van der Waals surface area contributed by atoms with Crippen LogP contribution >= 0.6 is 0 Å². The number of Topliss-reactive ketones (excluding diaryl/α,β-unsaturated/α-hetero) is 1. The van der Waals surface area contributed by atoms with Crippen molar-refractivity contribution in [2.24, 2.45) is 0 Å². The van der Waals surface area contributed by atoms with Crippen molar-refractivity contribution < 1.29 is 19.0 Å². The molecule has 1 heterocycles. The van der Waals surface area contributed by atoms with Crippen molar-refractivity contribution >= 4 is 5.78 Å². The van der Waals surface area contributed by atoms with Crippen molar-refractivity contribution in [1.82, 2.24) is 0 Å². The fourth-order valence-corrected chi connectivity index (χ4v) is 2.03. The minimum absolute atomic E-state index is 0.201. The molecule has 1 aromatic carbocycles. The number of hydrogen-bond acceptors (Lipinski definition) is 5. The molecule has 1 aliphatic heterocycles. The number of ketones is 1. The van der Waals surface area contributed by atoms with Gasteiger partial charge in [0.25, 0.3) is 0 Å². The highest BCUT2D eigenvalue weighted by Crippen LogP contribution is 2.28. The van der Waals surface area contributed by atoms with Crippen molar-refractivity contribution in [2.45, 2.75) is 12.0 Å². The number of para-hydroxylation sites is 1. The van der Waals surface area contributed by atoms with Crippen LogP contribution in [0.5, 0.6) is 5.75 Å². The fourth-order valence-electron chi connectivity index (χ4n) is 2.03. The minimum Gasteiger partial charge on any atom is -0.496 e. The maximum atomic E-state index is 12.3. The summed E-state index contributed by atoms with van der Waals surface area (Å²) < 4.78 is 15.7. The number of nitriles is 1. The normalized spacial score (nSPS) is 20.3. The summed E-state index contributed by atoms with van der Waals surface area (Å²) in [5.74, 6) is -0.659. The molecule has 2 rings (SSSR count). The topological polar surface area (TPSA) is 68.5 Å². The van der Waals surface area contributed by atoms with Gasteiger partial charge in [0, 0.05) is 5.56 Å². The van der Waals surface area contributed by atoms with E-state index in [4.69, 9.17) is 14.2 Å². The second-order valence-electron chi connectivity index (χ2n) is 4.14. The largest absolute Gasteiger partial charge is 0.496 e. The summed E-state index contributed by atoms with van der Waals surface area (Å²) in [6.45, 7) is 1.06. The van der Waals surface area contributed by atoms with E-state index in [1.165, 1.54) is 7.11 Å². The Hall–Kier alpha value is -1.90. The lowest BCUT2D eigenvalue weighted by atomic mass is 9.92. The number of carbonyl (C=O) groups excluding carboxylic acids is 1. The summed E-state index contributed by atoms with van der Waals surface area (Å²) >= 11 is 0. The summed E-state index contributed by atoms with van der Waals surface area (Å²) in [6, 6.07) is 9.03. The predicted octanol–water partition coefficient (Wildman–Crippen LogP) is 1.29. The first kappa shape index (κ1) is 13.5. The van der Waals surface area contributed by atoms with Crippen LogP contribution in [0.2, 0.25) is 0 Å². The molecule has 1 aromatic rings. The zero-order valence-corrected chi connectivity index (χ0v) is 10.7. The van der Waals surface area contributed by atoms with E-state index in [0.29, 0.717) is 24.5 Å². The highest BCUT2D eigenvalue weighted by atomic mass is 16.6. The average Bonchev–Trinajstić information content (AvgIpc) is 2.49. The predicted molar refractivity (Wildman–Crippen MR) is 66.9 cm³/mol. The molecular formula is C14H15NO4. The molecule has 100 valence electrons. The molecule has 1 fully saturated rings. The minimum atomic E-state index is -0.900. The lowest BCUT2D eigenvalue weighted by Gasteiger charge is -2.24. The highest BCUT2D eigenvalue weighted by Gasteiger charge is 2.32. The molecule has 0 aliphatic carbocycles. The number of methoxy groups -OCH3 is 1. The zero-order chi connectivity index (χ0) is 13.7. The molecule has 19 heavy (non-hydrogen) atoms. The molecule has 5 nitrogen and oxygen atoms in total. The third-order valence-electron chi connectivity index (χ3n) is 3.00. The van der Waals surface area contributed by atoms with Crippen LogP contribution in [0.25, 0.3) is 0 Å². The van der Waals surface area contributed by atoms with E-state index in [2.05, 4.69) is 0 Å². The number of nitrogens with zero attached hydrogens (tertiary/aromatic N) is 1. The maximum Gasteiger partial charge on any atom is 0.185 e. The Balaban J connectivity index is 2.24. The third-order valence-corrected chi connectivity index (χ3v) is 3.00. The van der Waals surface area contributed by atoms with Gasteiger partial charge in [0.2, 0.25) is 0 Å². The van der Waals surface area contributed by atoms with Gasteiger partial charge in [-0.3, -0.25) is 4.79 Å². The smallest absolute Gasteiger partial charge is 0.185 e. The lowest BCUT2D eigenvalue weighted by Crippen LogP contribution is -2.38. The first-order valence-electron chi connectivity index (χ1n) is 6.03. The van der Waals surface area contributed by atoms with Crippen molar-refractivity contribution in [3.05, 3.63) is 29.8 Å². The molecular weight excluding hydrogens is 246 g/mol. The third kappa shape index (κ3) is 2.92. The second-order valence-corrected chi connectivity index (χ2v) is 4.14. The van der Waals surface area contributed by atoms with E-state index in [-0.39, 0.29) is 12.4 Å². The van der Waals surface area contributed by atoms with Crippen molar-refractivity contribution in [1.29, 1.82) is 5.26 Å². The first-order chi connectivity index (χ1) is 9.27. The SMILES string of the molecule is COc1ccccc1C(C#N)C(=O)C1COCCO1. The molecule has 0 aromatic heterocycles. The van der Waals surface area contributed by atoms with Gasteiger partial charge in [0.05, 0.1) is 33.0 Å². The van der Waals surface area contributed by atoms with Gasteiger partial charge in [-0.25, -0.2) is 0 Å². The Morgan fingerprint density at radius 1 is 1.47 bits per heavy atom. The van der Waals surface area contributed by atoms with Crippen molar-refractivity contribution in [3.8, 4) is 11.8 Å². The van der Waals surface area contributed by atoms with E-state index in [9.17, 15) is 10.1 Å². The van der Waals surface area contributed by atoms with Gasteiger partial charge in [0.1, 0.15) is 17.8 Å². The molecule has 5 heteroatoms. The number of hydrogen-bond donors (Lipinski definition) is 0. The Kier molecular flexibility index (Phi) is 4.50. The quantitative estimate of drug-likeness (QED) is 0.816. The standard InChI is InChI=1S/C14H15NO4/c1-17-12-5-3-2-4-10(12)11(8-15)14(16)13-9-18-6-7-19-13/h2-5,11,13H,6-7,9H2,1H3. The Labute approximate surface area is 111 Å². The van der Waals surface area contributed by atoms with Gasteiger partial charge in [-0.1, -0.05) is 18.2 Å². The lowest BCUT2D eigenvalue weighted by molar-refractivity contribution is -0.145. The van der Waals surface area contributed by atoms with Gasteiger partial charge < -0.3 is 14.2 Å². The maximum absolute atomic E-state index is 12.3. The zero-order valence-electron chi connectivity index (χ0n) is 10.7. The fraction of sp³-hybridized carbons (Fsp3) is 0.429. The van der Waals surface area contributed by atoms with Crippen LogP contribution in [0, 0.1) is 11.3 Å². The summed E-state index contributed by atoms with van der Waals surface area (Å²) in [5, 5.41) is 9.28. The van der Waals surface area contributed by atoms with Crippen LogP contribution < -0.4 is 4.74 Å². The molecule has 1 saturated heterocycles. The Morgan fingerprint density at radius 2 is 2.26 bits per heavy atom. The summed E-state index contributed by atoms with van der Waals surface area (Å²) in [5.41, 5.74) is 0.562. The molecule has 0 spiro atoms. The number of ether oxygens (including phenoxy) is 3. The van der Waals surface area contributed by atoms with E-state index in [1.807, 2.05) is 6.07 Å². The van der Waals surface area contributed by atoms with Crippen LogP contribution in [-0.2, 0) is 14.3 Å².